The predicted octanol–water partition coefficient (Wildman–Crippen LogP) is 6.83. The summed E-state index contributed by atoms with van der Waals surface area (Å²) in [6.07, 6.45) is -0.345. The summed E-state index contributed by atoms with van der Waals surface area (Å²) in [5.74, 6) is -2.30. The van der Waals surface area contributed by atoms with E-state index in [0.717, 1.165) is 17.0 Å². The first-order valence-electron chi connectivity index (χ1n) is 11.5. The van der Waals surface area contributed by atoms with Crippen LogP contribution >= 0.6 is 22.9 Å². The van der Waals surface area contributed by atoms with E-state index in [0.29, 0.717) is 32.1 Å². The molecule has 5 aromatic rings. The number of carbonyl (C=O) groups is 1. The van der Waals surface area contributed by atoms with E-state index >= 15 is 0 Å². The molecule has 0 saturated carbocycles. The lowest BCUT2D eigenvalue weighted by atomic mass is 9.95. The second-order valence-electron chi connectivity index (χ2n) is 8.65. The molecule has 1 aromatic carbocycles. The van der Waals surface area contributed by atoms with Crippen LogP contribution in [0.15, 0.2) is 71.8 Å². The Bertz CT molecular complexity index is 1700. The molecular formula is C27H20ClF3N4O2S. The van der Waals surface area contributed by atoms with Gasteiger partial charge in [0.15, 0.2) is 0 Å². The summed E-state index contributed by atoms with van der Waals surface area (Å²) in [6, 6.07) is 13.5. The molecule has 1 amide bonds. The first-order valence-corrected chi connectivity index (χ1v) is 12.7. The molecule has 4 heterocycles. The van der Waals surface area contributed by atoms with E-state index in [4.69, 9.17) is 11.6 Å². The average molecular weight is 557 g/mol. The Hall–Kier alpha value is -3.89. The van der Waals surface area contributed by atoms with Gasteiger partial charge in [-0.25, -0.2) is 18.2 Å². The number of H-pyrrole nitrogens is 1. The van der Waals surface area contributed by atoms with Crippen LogP contribution in [0.3, 0.4) is 0 Å². The zero-order chi connectivity index (χ0) is 27.0. The number of fused-ring (bicyclic) bond motifs is 1. The van der Waals surface area contributed by atoms with E-state index in [-0.39, 0.29) is 16.9 Å². The fourth-order valence-corrected chi connectivity index (χ4v) is 5.44. The van der Waals surface area contributed by atoms with Gasteiger partial charge in [-0.15, -0.1) is 11.3 Å². The van der Waals surface area contributed by atoms with Crippen LogP contribution < -0.4 is 10.9 Å². The van der Waals surface area contributed by atoms with Crippen LogP contribution in [0.4, 0.5) is 19.0 Å². The fourth-order valence-electron chi connectivity index (χ4n) is 4.34. The second-order valence-corrected chi connectivity index (χ2v) is 10.4. The molecule has 0 aliphatic carbocycles. The summed E-state index contributed by atoms with van der Waals surface area (Å²) in [6.45, 7) is 0. The summed E-state index contributed by atoms with van der Waals surface area (Å²) in [5, 5.41) is 3.10. The van der Waals surface area contributed by atoms with Gasteiger partial charge >= 0.3 is 0 Å². The molecule has 0 aliphatic rings. The van der Waals surface area contributed by atoms with Crippen molar-refractivity contribution in [3.8, 4) is 21.7 Å². The Morgan fingerprint density at radius 2 is 1.92 bits per heavy atom. The van der Waals surface area contributed by atoms with Crippen LogP contribution in [0, 0.1) is 5.82 Å². The van der Waals surface area contributed by atoms with Crippen LogP contribution in [0.1, 0.15) is 17.9 Å². The third-order valence-corrected chi connectivity index (χ3v) is 7.40. The van der Waals surface area contributed by atoms with Gasteiger partial charge in [0, 0.05) is 41.9 Å². The smallest absolute Gasteiger partial charge is 0.260 e. The number of amides is 1. The SMILES string of the molecule is Cn1ccc2[nH]c(-c3ccnc(NC(=O)C(CC(F)F)c4ccc(F)cc4)c3)c(-c3ccc(Cl)s3)c2c1=O. The number of anilines is 1. The molecular weight excluding hydrogens is 537 g/mol. The molecule has 0 radical (unpaired) electrons. The van der Waals surface area contributed by atoms with E-state index in [1.165, 1.54) is 34.2 Å². The van der Waals surface area contributed by atoms with Gasteiger partial charge in [-0.05, 0) is 48.0 Å². The number of halogens is 4. The number of aryl methyl sites for hydroxylation is 1. The van der Waals surface area contributed by atoms with E-state index in [1.54, 1.807) is 37.5 Å². The number of nitrogens with one attached hydrogen (secondary N) is 2. The number of hydrogen-bond donors (Lipinski definition) is 2. The van der Waals surface area contributed by atoms with E-state index in [2.05, 4.69) is 15.3 Å². The molecule has 2 N–H and O–H groups in total. The number of hydrogen-bond acceptors (Lipinski definition) is 4. The Kier molecular flexibility index (Phi) is 7.09. The standard InChI is InChI=1S/C27H20ClF3N4O2S/c1-35-11-9-18-23(27(35)37)24(19-6-7-20(28)38-19)25(33-18)15-8-10-32-22(12-15)34-26(36)17(13-21(30)31)14-2-4-16(29)5-3-14/h2-12,17,21,33H,13H2,1H3,(H,32,34,36). The van der Waals surface area contributed by atoms with Gasteiger partial charge in [0.1, 0.15) is 11.6 Å². The van der Waals surface area contributed by atoms with Crippen molar-refractivity contribution in [3.63, 3.8) is 0 Å². The van der Waals surface area contributed by atoms with Crippen molar-refractivity contribution in [1.82, 2.24) is 14.5 Å². The third-order valence-electron chi connectivity index (χ3n) is 6.15. The molecule has 4 aromatic heterocycles. The number of rotatable bonds is 7. The molecule has 1 unspecified atom stereocenters. The summed E-state index contributed by atoms with van der Waals surface area (Å²) in [4.78, 5) is 34.4. The zero-order valence-electron chi connectivity index (χ0n) is 19.8. The van der Waals surface area contributed by atoms with Crippen LogP contribution in [-0.2, 0) is 11.8 Å². The molecule has 194 valence electrons. The maximum atomic E-state index is 13.4. The van der Waals surface area contributed by atoms with Gasteiger partial charge in [-0.1, -0.05) is 23.7 Å². The van der Waals surface area contributed by atoms with Gasteiger partial charge in [0.05, 0.1) is 26.9 Å². The van der Waals surface area contributed by atoms with E-state index < -0.39 is 30.5 Å². The van der Waals surface area contributed by atoms with Crippen molar-refractivity contribution in [2.45, 2.75) is 18.8 Å². The number of pyridine rings is 2. The summed E-state index contributed by atoms with van der Waals surface area (Å²) >= 11 is 7.52. The molecule has 0 saturated heterocycles. The topological polar surface area (TPSA) is 79.8 Å². The van der Waals surface area contributed by atoms with E-state index in [9.17, 15) is 22.8 Å². The number of alkyl halides is 2. The minimum atomic E-state index is -2.75. The molecule has 5 rings (SSSR count). The number of aromatic amines is 1. The largest absolute Gasteiger partial charge is 0.354 e. The molecule has 11 heteroatoms. The lowest BCUT2D eigenvalue weighted by Gasteiger charge is -2.17. The van der Waals surface area contributed by atoms with E-state index in [1.807, 2.05) is 6.07 Å². The van der Waals surface area contributed by atoms with Crippen molar-refractivity contribution in [3.05, 3.63) is 93.1 Å². The lowest BCUT2D eigenvalue weighted by Crippen LogP contribution is -2.23. The number of aromatic nitrogens is 3. The maximum absolute atomic E-state index is 13.4. The Morgan fingerprint density at radius 3 is 2.61 bits per heavy atom. The number of benzene rings is 1. The van der Waals surface area contributed by atoms with Crippen molar-refractivity contribution in [2.75, 3.05) is 5.32 Å². The van der Waals surface area contributed by atoms with Crippen LogP contribution in [0.25, 0.3) is 32.6 Å². The maximum Gasteiger partial charge on any atom is 0.260 e. The summed E-state index contributed by atoms with van der Waals surface area (Å²) in [7, 11) is 1.66. The molecule has 1 atom stereocenters. The molecule has 0 aliphatic heterocycles. The molecule has 38 heavy (non-hydrogen) atoms. The van der Waals surface area contributed by atoms with Gasteiger partial charge in [0.2, 0.25) is 12.3 Å². The minimum Gasteiger partial charge on any atom is -0.354 e. The Balaban J connectivity index is 1.55. The second kappa shape index (κ2) is 10.5. The number of thiophene rings is 1. The minimum absolute atomic E-state index is 0.135. The molecule has 0 fully saturated rings. The predicted molar refractivity (Wildman–Crippen MR) is 143 cm³/mol. The zero-order valence-corrected chi connectivity index (χ0v) is 21.4. The van der Waals surface area contributed by atoms with Crippen molar-refractivity contribution in [1.29, 1.82) is 0 Å². The highest BCUT2D eigenvalue weighted by atomic mass is 35.5. The Labute approximate surface area is 223 Å². The van der Waals surface area contributed by atoms with Crippen molar-refractivity contribution in [2.24, 2.45) is 7.05 Å². The molecule has 0 bridgehead atoms. The van der Waals surface area contributed by atoms with Gasteiger partial charge in [0.25, 0.3) is 5.56 Å². The number of carbonyl (C=O) groups excluding carboxylic acids is 1. The van der Waals surface area contributed by atoms with Gasteiger partial charge in [-0.3, -0.25) is 9.59 Å². The first-order chi connectivity index (χ1) is 18.2. The highest BCUT2D eigenvalue weighted by molar-refractivity contribution is 7.19. The van der Waals surface area contributed by atoms with Crippen LogP contribution in [0.2, 0.25) is 4.34 Å². The quantitative estimate of drug-likeness (QED) is 0.231. The molecule has 0 spiro atoms. The lowest BCUT2D eigenvalue weighted by molar-refractivity contribution is -0.118. The first kappa shape index (κ1) is 25.7. The monoisotopic (exact) mass is 556 g/mol. The molecule has 6 nitrogen and oxygen atoms in total. The van der Waals surface area contributed by atoms with Crippen molar-refractivity contribution < 1.29 is 18.0 Å². The third kappa shape index (κ3) is 5.09. The number of nitrogens with zero attached hydrogens (tertiary/aromatic N) is 2. The average Bonchev–Trinajstić information content (AvgIpc) is 3.49. The highest BCUT2D eigenvalue weighted by Crippen LogP contribution is 2.41. The van der Waals surface area contributed by atoms with Gasteiger partial charge in [-0.2, -0.15) is 0 Å². The van der Waals surface area contributed by atoms with Crippen LogP contribution in [0.5, 0.6) is 0 Å². The van der Waals surface area contributed by atoms with Crippen molar-refractivity contribution >= 4 is 45.6 Å². The fraction of sp³-hybridized carbons (Fsp3) is 0.148. The Morgan fingerprint density at radius 1 is 1.16 bits per heavy atom. The summed E-state index contributed by atoms with van der Waals surface area (Å²) < 4.78 is 42.0. The van der Waals surface area contributed by atoms with Gasteiger partial charge < -0.3 is 14.9 Å². The van der Waals surface area contributed by atoms with Crippen LogP contribution in [-0.4, -0.2) is 26.9 Å². The summed E-state index contributed by atoms with van der Waals surface area (Å²) in [5.41, 5.74) is 2.58. The highest BCUT2D eigenvalue weighted by Gasteiger charge is 2.26. The normalized spacial score (nSPS) is 12.3.